The number of halogens is 16. The predicted octanol–water partition coefficient (Wildman–Crippen LogP) is 30.9. The molecule has 3 fully saturated rings. The zero-order chi connectivity index (χ0) is 106. The van der Waals surface area contributed by atoms with Crippen LogP contribution in [0.5, 0.6) is 0 Å². The minimum absolute atomic E-state index is 0. The number of alkyl halides is 2. The quantitative estimate of drug-likeness (QED) is 0.0164. The van der Waals surface area contributed by atoms with Crippen molar-refractivity contribution in [1.29, 1.82) is 0 Å². The lowest BCUT2D eigenvalue weighted by atomic mass is 9.97. The van der Waals surface area contributed by atoms with Gasteiger partial charge in [-0.2, -0.15) is 0 Å². The van der Waals surface area contributed by atoms with Crippen molar-refractivity contribution >= 4 is 203 Å². The van der Waals surface area contributed by atoms with E-state index in [2.05, 4.69) is 115 Å². The van der Waals surface area contributed by atoms with Crippen LogP contribution in [0, 0.1) is 0 Å². The van der Waals surface area contributed by atoms with Crippen molar-refractivity contribution in [3.05, 3.63) is 441 Å². The van der Waals surface area contributed by atoms with Gasteiger partial charge in [-0.05, 0) is 172 Å². The number of hydrogen-bond acceptors (Lipinski definition) is 17. The van der Waals surface area contributed by atoms with E-state index in [1.54, 1.807) is 84.1 Å². The zero-order valence-corrected chi connectivity index (χ0v) is 94.0. The molecule has 3 heterocycles. The van der Waals surface area contributed by atoms with Gasteiger partial charge in [-0.1, -0.05) is 359 Å². The van der Waals surface area contributed by atoms with Crippen LogP contribution in [-0.4, -0.2) is 205 Å². The molecule has 0 aliphatic carbocycles. The molecule has 10 atom stereocenters. The molecule has 3 aliphatic rings. The van der Waals surface area contributed by atoms with Gasteiger partial charge in [0.05, 0.1) is 106 Å². The third kappa shape index (κ3) is 42.3. The molecule has 0 amide bonds. The first-order chi connectivity index (χ1) is 71.1. The first kappa shape index (κ1) is 127. The predicted molar refractivity (Wildman–Crippen MR) is 627 cm³/mol. The summed E-state index contributed by atoms with van der Waals surface area (Å²) in [4.78, 5) is 24.2. The largest absolute Gasteiger partial charge is 0.395 e. The standard InChI is InChI=1S/2C25H25Cl3N2O.C19H21Cl4NO.C19H23Cl2NO3.C11H17NO2.C8H6Cl2O.C7H4Cl2O.2CH4/c2*1-31-17-22-15-30(21-10-7-19(26)8-11-21)25(23-12-9-20(27)13-24(23)28)16-29(22)14-18-5-3-2-4-6-18;1-25-13-16(10-20)24(11-14-5-3-2-4-6-14)12-19(23)17-8-7-15(21)9-18(17)22;1-25-13-16(12-23)22(10-14-5-3-2-4-6-14)11-19(24)17-8-7-15(20)9-18(17)21;1-14-9-11(8-13)12-7-10-5-3-2-4-6-10;9-5-1-2-6(7(10)3-5)8-4-11-8;8-6-2-1-5(4-10)7(9)3-6;;/h2*2-13,22,25H,14-17H2,1H3;2-9,16,19H,10-13H2,1H3;2-9,16,19,23-24H,10-13H2,1H3;2-6,11-13H,7-9H2,1H3;1-3,8H,4H2;1-4H;2*1H4/t22-,25+;22-,25-;;;;;;;/m11......./s1. The number of nitrogens with zero attached hydrogens (tertiary/aromatic N) is 6. The van der Waals surface area contributed by atoms with Gasteiger partial charge in [-0.3, -0.25) is 24.4 Å². The third-order valence-electron chi connectivity index (χ3n) is 24.3. The number of benzene rings is 13. The summed E-state index contributed by atoms with van der Waals surface area (Å²) in [5, 5.41) is 40.8. The Labute approximate surface area is 959 Å². The molecule has 149 heavy (non-hydrogen) atoms. The van der Waals surface area contributed by atoms with Crippen molar-refractivity contribution in [3.8, 4) is 0 Å². The van der Waals surface area contributed by atoms with Crippen LogP contribution in [0.3, 0.4) is 0 Å². The van der Waals surface area contributed by atoms with Gasteiger partial charge >= 0.3 is 0 Å². The van der Waals surface area contributed by atoms with E-state index >= 15 is 0 Å². The Morgan fingerprint density at radius 2 is 0.738 bits per heavy atom. The van der Waals surface area contributed by atoms with Gasteiger partial charge in [0.15, 0.2) is 6.29 Å². The highest BCUT2D eigenvalue weighted by Crippen LogP contribution is 2.43. The molecule has 16 rings (SSSR count). The monoisotopic (exact) mass is 2340 g/mol. The van der Waals surface area contributed by atoms with Crippen molar-refractivity contribution in [2.45, 2.75) is 107 Å². The number of methoxy groups -OCH3 is 5. The summed E-state index contributed by atoms with van der Waals surface area (Å²) in [5.74, 6) is 0.457. The van der Waals surface area contributed by atoms with E-state index in [-0.39, 0.29) is 81.8 Å². The van der Waals surface area contributed by atoms with Gasteiger partial charge < -0.3 is 58.9 Å². The fourth-order valence-corrected chi connectivity index (χ4v) is 20.8. The topological polar surface area (TPSA) is 168 Å². The molecular weight excluding hydrogens is 2220 g/mol. The number of aldehydes is 1. The lowest BCUT2D eigenvalue weighted by Crippen LogP contribution is -2.56. The van der Waals surface area contributed by atoms with Crippen LogP contribution in [-0.2, 0) is 61.1 Å². The summed E-state index contributed by atoms with van der Waals surface area (Å²) in [7, 11) is 8.42. The molecular formula is C116H129Cl16N7O10. The highest BCUT2D eigenvalue weighted by atomic mass is 35.5. The highest BCUT2D eigenvalue weighted by molar-refractivity contribution is 6.39. The molecule has 13 aromatic rings. The zero-order valence-electron chi connectivity index (χ0n) is 81.9. The number of carbonyl (C=O) groups excluding carboxylic acids is 1. The fraction of sp³-hybridized carbons (Fsp3) is 0.319. The Morgan fingerprint density at radius 1 is 0.389 bits per heavy atom. The van der Waals surface area contributed by atoms with Crippen LogP contribution in [0.25, 0.3) is 0 Å². The van der Waals surface area contributed by atoms with Gasteiger partial charge in [0.1, 0.15) is 6.10 Å². The second kappa shape index (κ2) is 68.6. The van der Waals surface area contributed by atoms with Gasteiger partial charge in [-0.15, -0.1) is 23.2 Å². The lowest BCUT2D eigenvalue weighted by molar-refractivity contribution is 0.0183. The molecule has 4 N–H and O–H groups in total. The summed E-state index contributed by atoms with van der Waals surface area (Å²) in [6, 6.07) is 99.9. The number of rotatable bonds is 38. The van der Waals surface area contributed by atoms with E-state index in [1.165, 1.54) is 28.3 Å². The van der Waals surface area contributed by atoms with E-state index in [0.717, 1.165) is 108 Å². The molecule has 800 valence electrons. The molecule has 33 heteroatoms. The van der Waals surface area contributed by atoms with Crippen LogP contribution in [0.4, 0.5) is 11.4 Å². The van der Waals surface area contributed by atoms with E-state index in [4.69, 9.17) is 219 Å². The summed E-state index contributed by atoms with van der Waals surface area (Å²) in [5.41, 5.74) is 13.4. The smallest absolute Gasteiger partial charge is 0.151 e. The van der Waals surface area contributed by atoms with Crippen molar-refractivity contribution in [3.63, 3.8) is 0 Å². The van der Waals surface area contributed by atoms with Gasteiger partial charge in [-0.25, -0.2) is 0 Å². The minimum Gasteiger partial charge on any atom is -0.395 e. The number of epoxide rings is 1. The summed E-state index contributed by atoms with van der Waals surface area (Å²) < 4.78 is 31.8. The van der Waals surface area contributed by atoms with E-state index in [9.17, 15) is 15.0 Å². The number of carbonyl (C=O) groups is 1. The summed E-state index contributed by atoms with van der Waals surface area (Å²) in [6.45, 7) is 11.5. The number of aliphatic hydroxyl groups is 3. The molecule has 0 saturated carbocycles. The maximum absolute atomic E-state index is 10.7. The molecule has 0 spiro atoms. The normalized spacial score (nSPS) is 16.2. The van der Waals surface area contributed by atoms with Crippen molar-refractivity contribution in [2.75, 3.05) is 143 Å². The van der Waals surface area contributed by atoms with E-state index < -0.39 is 6.10 Å². The van der Waals surface area contributed by atoms with Crippen LogP contribution >= 0.6 is 186 Å². The van der Waals surface area contributed by atoms with Crippen molar-refractivity contribution in [1.82, 2.24) is 24.9 Å². The maximum atomic E-state index is 10.7. The third-order valence-corrected chi connectivity index (χ3v) is 28.9. The van der Waals surface area contributed by atoms with E-state index in [1.807, 2.05) is 175 Å². The van der Waals surface area contributed by atoms with Crippen LogP contribution < -0.4 is 15.1 Å². The van der Waals surface area contributed by atoms with Crippen molar-refractivity contribution < 1.29 is 48.5 Å². The molecule has 6 unspecified atom stereocenters. The minimum atomic E-state index is -0.806. The first-order valence-corrected chi connectivity index (χ1v) is 53.6. The number of anilines is 2. The Hall–Kier alpha value is -6.79. The molecule has 17 nitrogen and oxygen atoms in total. The Kier molecular flexibility index (Phi) is 58.6. The number of nitrogens with one attached hydrogen (secondary N) is 1. The number of aliphatic hydroxyl groups excluding tert-OH is 3. The summed E-state index contributed by atoms with van der Waals surface area (Å²) in [6.07, 6.45) is 0.0951. The van der Waals surface area contributed by atoms with Gasteiger partial charge in [0.2, 0.25) is 0 Å². The number of ether oxygens (including phenoxy) is 6. The van der Waals surface area contributed by atoms with Gasteiger partial charge in [0, 0.05) is 213 Å². The van der Waals surface area contributed by atoms with Crippen molar-refractivity contribution in [2.24, 2.45) is 0 Å². The molecule has 3 saturated heterocycles. The Bertz CT molecular complexity index is 5750. The molecule has 13 aromatic carbocycles. The Morgan fingerprint density at radius 3 is 1.09 bits per heavy atom. The summed E-state index contributed by atoms with van der Waals surface area (Å²) >= 11 is 98.1. The number of piperazine rings is 2. The highest BCUT2D eigenvalue weighted by Gasteiger charge is 2.39. The van der Waals surface area contributed by atoms with Crippen LogP contribution in [0.2, 0.25) is 70.3 Å². The maximum Gasteiger partial charge on any atom is 0.151 e. The average molecular weight is 2350 g/mol. The van der Waals surface area contributed by atoms with E-state index in [0.29, 0.717) is 136 Å². The SMILES string of the molecule is C.C.COCC(CCl)N(Cc1ccccc1)CC(Cl)c1ccc(Cl)cc1Cl.COCC(CO)N(Cc1ccccc1)CC(O)c1ccc(Cl)cc1Cl.COCC(CO)NCc1ccccc1.COC[C@H]1CN(c2ccc(Cl)cc2)[C@@H](c2ccc(Cl)cc2Cl)CN1Cc1ccccc1.COC[C@H]1CN(c2ccc(Cl)cc2)[C@H](c2ccc(Cl)cc2Cl)CN1Cc1ccccc1.Clc1ccc(C2CO2)c(Cl)c1.O=Cc1ccc(Cl)cc1Cl. The number of hydrogen-bond donors (Lipinski definition) is 4. The Balaban J connectivity index is 0.000000218. The van der Waals surface area contributed by atoms with Crippen LogP contribution in [0.15, 0.2) is 309 Å². The van der Waals surface area contributed by atoms with Gasteiger partial charge in [0.25, 0.3) is 0 Å². The molecule has 0 bridgehead atoms. The first-order valence-electron chi connectivity index (χ1n) is 47.3. The second-order valence-corrected chi connectivity index (χ2v) is 41.6. The molecule has 0 radical (unpaired) electrons. The average Bonchev–Trinajstić information content (AvgIpc) is 1.60. The molecule has 3 aliphatic heterocycles. The second-order valence-electron chi connectivity index (χ2n) is 34.8. The lowest BCUT2D eigenvalue weighted by Gasteiger charge is -2.48. The molecule has 0 aromatic heterocycles. The fourth-order valence-electron chi connectivity index (χ4n) is 16.7. The van der Waals surface area contributed by atoms with Crippen LogP contribution in [0.1, 0.15) is 111 Å².